The van der Waals surface area contributed by atoms with Gasteiger partial charge < -0.3 is 10.0 Å². The number of anilines is 1. The highest BCUT2D eigenvalue weighted by atomic mass is 35.5. The Morgan fingerprint density at radius 3 is 2.41 bits per heavy atom. The molecule has 0 radical (unpaired) electrons. The SMILES string of the molecule is OCCN(CC(F)(F)F)c1nc(Cl)nnc1Cl. The zero-order valence-corrected chi connectivity index (χ0v) is 9.76. The first-order valence-corrected chi connectivity index (χ1v) is 5.07. The predicted molar refractivity (Wildman–Crippen MR) is 55.2 cm³/mol. The van der Waals surface area contributed by atoms with Crippen LogP contribution in [0.1, 0.15) is 0 Å². The highest BCUT2D eigenvalue weighted by Gasteiger charge is 2.32. The molecule has 0 aliphatic rings. The Balaban J connectivity index is 3.00. The topological polar surface area (TPSA) is 62.1 Å². The Morgan fingerprint density at radius 2 is 1.88 bits per heavy atom. The lowest BCUT2D eigenvalue weighted by molar-refractivity contribution is -0.120. The predicted octanol–water partition coefficient (Wildman–Crippen LogP) is 1.54. The maximum absolute atomic E-state index is 12.3. The monoisotopic (exact) mass is 290 g/mol. The molecule has 0 aliphatic carbocycles. The third-order valence-electron chi connectivity index (χ3n) is 1.64. The van der Waals surface area contributed by atoms with E-state index in [1.807, 2.05) is 0 Å². The fourth-order valence-electron chi connectivity index (χ4n) is 1.08. The quantitative estimate of drug-likeness (QED) is 0.911. The van der Waals surface area contributed by atoms with E-state index >= 15 is 0 Å². The summed E-state index contributed by atoms with van der Waals surface area (Å²) in [7, 11) is 0. The largest absolute Gasteiger partial charge is 0.405 e. The molecular formula is C7H7Cl2F3N4O. The maximum Gasteiger partial charge on any atom is 0.405 e. The van der Waals surface area contributed by atoms with Crippen LogP contribution in [0.2, 0.25) is 10.4 Å². The molecule has 1 rings (SSSR count). The van der Waals surface area contributed by atoms with Crippen molar-refractivity contribution in [1.29, 1.82) is 0 Å². The maximum atomic E-state index is 12.3. The molecule has 10 heteroatoms. The second kappa shape index (κ2) is 5.65. The number of nitrogens with zero attached hydrogens (tertiary/aromatic N) is 4. The summed E-state index contributed by atoms with van der Waals surface area (Å²) in [6.45, 7) is -2.11. The van der Waals surface area contributed by atoms with Gasteiger partial charge in [-0.2, -0.15) is 18.2 Å². The molecule has 0 unspecified atom stereocenters. The highest BCUT2D eigenvalue weighted by Crippen LogP contribution is 2.25. The first-order chi connectivity index (χ1) is 7.83. The number of hydrogen-bond acceptors (Lipinski definition) is 5. The minimum Gasteiger partial charge on any atom is -0.395 e. The lowest BCUT2D eigenvalue weighted by atomic mass is 10.4. The van der Waals surface area contributed by atoms with Crippen molar-refractivity contribution < 1.29 is 18.3 Å². The number of halogens is 5. The Bertz CT molecular complexity index is 390. The molecule has 1 heterocycles. The number of alkyl halides is 3. The Kier molecular flexibility index (Phi) is 4.72. The molecule has 1 aromatic rings. The van der Waals surface area contributed by atoms with Crippen LogP contribution in [0.4, 0.5) is 19.0 Å². The van der Waals surface area contributed by atoms with Crippen LogP contribution >= 0.6 is 23.2 Å². The van der Waals surface area contributed by atoms with E-state index < -0.39 is 19.3 Å². The molecule has 1 aromatic heterocycles. The molecule has 5 nitrogen and oxygen atoms in total. The van der Waals surface area contributed by atoms with Gasteiger partial charge in [0, 0.05) is 6.54 Å². The zero-order valence-electron chi connectivity index (χ0n) is 8.25. The van der Waals surface area contributed by atoms with E-state index in [-0.39, 0.29) is 22.8 Å². The van der Waals surface area contributed by atoms with E-state index in [4.69, 9.17) is 28.3 Å². The molecule has 0 bridgehead atoms. The second-order valence-electron chi connectivity index (χ2n) is 2.96. The third-order valence-corrected chi connectivity index (χ3v) is 2.05. The average Bonchev–Trinajstić information content (AvgIpc) is 2.19. The molecule has 1 N–H and O–H groups in total. The molecule has 0 saturated heterocycles. The van der Waals surface area contributed by atoms with Crippen molar-refractivity contribution in [3.05, 3.63) is 10.4 Å². The third kappa shape index (κ3) is 4.49. The molecule has 96 valence electrons. The zero-order chi connectivity index (χ0) is 13.1. The van der Waals surface area contributed by atoms with Gasteiger partial charge >= 0.3 is 6.18 Å². The van der Waals surface area contributed by atoms with E-state index in [1.54, 1.807) is 0 Å². The van der Waals surface area contributed by atoms with Crippen LogP contribution in [0, 0.1) is 0 Å². The van der Waals surface area contributed by atoms with Gasteiger partial charge in [-0.1, -0.05) is 11.6 Å². The van der Waals surface area contributed by atoms with Gasteiger partial charge in [-0.25, -0.2) is 0 Å². The lowest BCUT2D eigenvalue weighted by Gasteiger charge is -2.24. The van der Waals surface area contributed by atoms with Crippen LogP contribution in [0.15, 0.2) is 0 Å². The molecule has 0 saturated carbocycles. The van der Waals surface area contributed by atoms with E-state index in [9.17, 15) is 13.2 Å². The summed E-state index contributed by atoms with van der Waals surface area (Å²) in [6.07, 6.45) is -4.46. The van der Waals surface area contributed by atoms with Crippen molar-refractivity contribution in [3.63, 3.8) is 0 Å². The minimum absolute atomic E-state index is 0.266. The van der Waals surface area contributed by atoms with Crippen molar-refractivity contribution in [1.82, 2.24) is 15.2 Å². The molecule has 0 atom stereocenters. The standard InChI is InChI=1S/C7H7Cl2F3N4O/c8-4-5(13-6(9)15-14-4)16(1-2-17)3-7(10,11)12/h17H,1-3H2. The van der Waals surface area contributed by atoms with E-state index in [0.717, 1.165) is 4.90 Å². The number of aromatic nitrogens is 3. The van der Waals surface area contributed by atoms with Gasteiger partial charge in [-0.05, 0) is 11.6 Å². The van der Waals surface area contributed by atoms with Crippen LogP contribution in [0.5, 0.6) is 0 Å². The fraction of sp³-hybridized carbons (Fsp3) is 0.571. The molecule has 0 aromatic carbocycles. The summed E-state index contributed by atoms with van der Waals surface area (Å²) in [4.78, 5) is 4.28. The van der Waals surface area contributed by atoms with Crippen LogP contribution < -0.4 is 4.90 Å². The number of rotatable bonds is 4. The average molecular weight is 291 g/mol. The van der Waals surface area contributed by atoms with E-state index in [1.165, 1.54) is 0 Å². The van der Waals surface area contributed by atoms with Gasteiger partial charge in [0.2, 0.25) is 5.28 Å². The summed E-state index contributed by atoms with van der Waals surface area (Å²) in [5.74, 6) is -0.266. The highest BCUT2D eigenvalue weighted by molar-refractivity contribution is 6.32. The van der Waals surface area contributed by atoms with Crippen molar-refractivity contribution in [3.8, 4) is 0 Å². The molecule has 0 amide bonds. The minimum atomic E-state index is -4.46. The Hall–Kier alpha value is -0.860. The Labute approximate surface area is 104 Å². The molecule has 0 fully saturated rings. The van der Waals surface area contributed by atoms with Crippen LogP contribution in [0.25, 0.3) is 0 Å². The van der Waals surface area contributed by atoms with Gasteiger partial charge in [-0.15, -0.1) is 10.2 Å². The van der Waals surface area contributed by atoms with E-state index in [0.29, 0.717) is 0 Å². The van der Waals surface area contributed by atoms with Crippen molar-refractivity contribution in [2.45, 2.75) is 6.18 Å². The first-order valence-electron chi connectivity index (χ1n) is 4.32. The first kappa shape index (κ1) is 14.2. The normalized spacial score (nSPS) is 11.6. The molecule has 0 spiro atoms. The van der Waals surface area contributed by atoms with E-state index in [2.05, 4.69) is 15.2 Å². The molecule has 0 aliphatic heterocycles. The summed E-state index contributed by atoms with van der Waals surface area (Å²) in [6, 6.07) is 0. The lowest BCUT2D eigenvalue weighted by Crippen LogP contribution is -2.37. The smallest absolute Gasteiger partial charge is 0.395 e. The van der Waals surface area contributed by atoms with Crippen molar-refractivity contribution >= 4 is 29.0 Å². The van der Waals surface area contributed by atoms with Gasteiger partial charge in [0.1, 0.15) is 6.54 Å². The van der Waals surface area contributed by atoms with Gasteiger partial charge in [0.25, 0.3) is 0 Å². The molecular weight excluding hydrogens is 284 g/mol. The number of aliphatic hydroxyl groups is 1. The molecule has 17 heavy (non-hydrogen) atoms. The fourth-order valence-corrected chi connectivity index (χ4v) is 1.40. The van der Waals surface area contributed by atoms with Gasteiger partial charge in [0.15, 0.2) is 11.0 Å². The summed E-state index contributed by atoms with van der Waals surface area (Å²) < 4.78 is 36.9. The van der Waals surface area contributed by atoms with Crippen molar-refractivity contribution in [2.75, 3.05) is 24.6 Å². The van der Waals surface area contributed by atoms with Crippen LogP contribution in [-0.2, 0) is 0 Å². The van der Waals surface area contributed by atoms with Gasteiger partial charge in [0.05, 0.1) is 6.61 Å². The second-order valence-corrected chi connectivity index (χ2v) is 3.65. The van der Waals surface area contributed by atoms with Crippen LogP contribution in [0.3, 0.4) is 0 Å². The Morgan fingerprint density at radius 1 is 1.24 bits per heavy atom. The van der Waals surface area contributed by atoms with Crippen LogP contribution in [-0.4, -0.2) is 46.2 Å². The van der Waals surface area contributed by atoms with Crippen molar-refractivity contribution in [2.24, 2.45) is 0 Å². The summed E-state index contributed by atoms with van der Waals surface area (Å²) in [5.41, 5.74) is 0. The summed E-state index contributed by atoms with van der Waals surface area (Å²) in [5, 5.41) is 14.7. The summed E-state index contributed by atoms with van der Waals surface area (Å²) >= 11 is 11.0. The van der Waals surface area contributed by atoms with Gasteiger partial charge in [-0.3, -0.25) is 0 Å². The number of hydrogen-bond donors (Lipinski definition) is 1. The number of aliphatic hydroxyl groups excluding tert-OH is 1.